The van der Waals surface area contributed by atoms with E-state index in [1.807, 2.05) is 24.3 Å². The van der Waals surface area contributed by atoms with Crippen molar-refractivity contribution < 1.29 is 13.2 Å². The first-order valence-corrected chi connectivity index (χ1v) is 6.03. The number of halogens is 4. The molecule has 0 aliphatic rings. The van der Waals surface area contributed by atoms with Crippen molar-refractivity contribution in [2.75, 3.05) is 0 Å². The lowest BCUT2D eigenvalue weighted by Gasteiger charge is -2.13. The van der Waals surface area contributed by atoms with Crippen molar-refractivity contribution in [3.05, 3.63) is 59.1 Å². The molecule has 19 heavy (non-hydrogen) atoms. The average Bonchev–Trinajstić information content (AvgIpc) is 2.36. The second kappa shape index (κ2) is 4.14. The van der Waals surface area contributed by atoms with Gasteiger partial charge in [0.25, 0.3) is 0 Å². The van der Waals surface area contributed by atoms with E-state index in [1.165, 1.54) is 12.1 Å². The third-order valence-electron chi connectivity index (χ3n) is 3.16. The highest BCUT2D eigenvalue weighted by Gasteiger charge is 2.35. The van der Waals surface area contributed by atoms with Gasteiger partial charge < -0.3 is 0 Å². The van der Waals surface area contributed by atoms with Crippen molar-refractivity contribution in [2.45, 2.75) is 6.18 Å². The predicted octanol–water partition coefficient (Wildman–Crippen LogP) is 5.67. The topological polar surface area (TPSA) is 0 Å². The van der Waals surface area contributed by atoms with Crippen LogP contribution in [0.1, 0.15) is 5.56 Å². The van der Waals surface area contributed by atoms with Crippen molar-refractivity contribution in [1.82, 2.24) is 0 Å². The molecule has 0 saturated carbocycles. The summed E-state index contributed by atoms with van der Waals surface area (Å²) in [5.74, 6) is 0. The Hall–Kier alpha value is -1.74. The Morgan fingerprint density at radius 1 is 0.737 bits per heavy atom. The summed E-state index contributed by atoms with van der Waals surface area (Å²) in [6.45, 7) is 0. The van der Waals surface area contributed by atoms with Gasteiger partial charge in [-0.1, -0.05) is 54.1 Å². The van der Waals surface area contributed by atoms with Crippen LogP contribution in [0.2, 0.25) is 5.02 Å². The van der Waals surface area contributed by atoms with E-state index >= 15 is 0 Å². The quantitative estimate of drug-likeness (QED) is 0.466. The molecule has 0 unspecified atom stereocenters. The third kappa shape index (κ3) is 1.94. The van der Waals surface area contributed by atoms with Crippen LogP contribution < -0.4 is 0 Å². The summed E-state index contributed by atoms with van der Waals surface area (Å²) in [7, 11) is 0. The first kappa shape index (κ1) is 12.3. The number of hydrogen-bond acceptors (Lipinski definition) is 0. The molecule has 4 heteroatoms. The highest BCUT2D eigenvalue weighted by atomic mass is 35.5. The monoisotopic (exact) mass is 280 g/mol. The van der Waals surface area contributed by atoms with Gasteiger partial charge in [-0.25, -0.2) is 0 Å². The minimum Gasteiger partial charge on any atom is -0.166 e. The second-order valence-electron chi connectivity index (χ2n) is 4.30. The first-order chi connectivity index (χ1) is 8.98. The summed E-state index contributed by atoms with van der Waals surface area (Å²) in [6.07, 6.45) is -4.46. The Morgan fingerprint density at radius 3 is 2.16 bits per heavy atom. The Kier molecular flexibility index (Phi) is 2.68. The third-order valence-corrected chi connectivity index (χ3v) is 3.47. The molecule has 0 saturated heterocycles. The van der Waals surface area contributed by atoms with E-state index in [-0.39, 0.29) is 10.4 Å². The van der Waals surface area contributed by atoms with Gasteiger partial charge in [0.1, 0.15) is 0 Å². The van der Waals surface area contributed by atoms with Crippen molar-refractivity contribution in [3.63, 3.8) is 0 Å². The van der Waals surface area contributed by atoms with E-state index in [0.29, 0.717) is 5.39 Å². The van der Waals surface area contributed by atoms with Crippen molar-refractivity contribution in [1.29, 1.82) is 0 Å². The molecule has 96 valence electrons. The molecule has 0 spiro atoms. The van der Waals surface area contributed by atoms with E-state index < -0.39 is 11.7 Å². The molecular formula is C15H8ClF3. The van der Waals surface area contributed by atoms with Gasteiger partial charge in [0.2, 0.25) is 0 Å². The molecule has 3 aromatic carbocycles. The summed E-state index contributed by atoms with van der Waals surface area (Å²) in [4.78, 5) is 0. The Bertz CT molecular complexity index is 775. The van der Waals surface area contributed by atoms with Gasteiger partial charge in [-0.3, -0.25) is 0 Å². The van der Waals surface area contributed by atoms with Gasteiger partial charge in [-0.05, 0) is 27.6 Å². The molecule has 3 aromatic rings. The fourth-order valence-electron chi connectivity index (χ4n) is 2.35. The number of fused-ring (bicyclic) bond motifs is 3. The molecule has 0 bridgehead atoms. The van der Waals surface area contributed by atoms with E-state index in [1.54, 1.807) is 12.1 Å². The second-order valence-corrected chi connectivity index (χ2v) is 4.71. The van der Waals surface area contributed by atoms with Gasteiger partial charge >= 0.3 is 6.18 Å². The van der Waals surface area contributed by atoms with Crippen LogP contribution in [0.25, 0.3) is 21.5 Å². The highest BCUT2D eigenvalue weighted by molar-refractivity contribution is 6.32. The summed E-state index contributed by atoms with van der Waals surface area (Å²) < 4.78 is 39.3. The maximum Gasteiger partial charge on any atom is 0.418 e. The van der Waals surface area contributed by atoms with Crippen LogP contribution in [0.5, 0.6) is 0 Å². The maximum atomic E-state index is 13.1. The maximum absolute atomic E-state index is 13.1. The zero-order chi connectivity index (χ0) is 13.6. The minimum absolute atomic E-state index is 0.138. The van der Waals surface area contributed by atoms with Gasteiger partial charge in [0.05, 0.1) is 10.6 Å². The molecule has 0 radical (unpaired) electrons. The fraction of sp³-hybridized carbons (Fsp3) is 0.0667. The van der Waals surface area contributed by atoms with Crippen LogP contribution in [-0.4, -0.2) is 0 Å². The fourth-order valence-corrected chi connectivity index (χ4v) is 2.62. The van der Waals surface area contributed by atoms with Crippen molar-refractivity contribution >= 4 is 33.1 Å². The lowest BCUT2D eigenvalue weighted by molar-refractivity contribution is -0.136. The molecule has 0 heterocycles. The zero-order valence-corrected chi connectivity index (χ0v) is 10.4. The standard InChI is InChI=1S/C15H8ClF3/c16-13-8-7-11-10-4-2-1-3-9(10)5-6-12(11)14(13)15(17,18)19/h1-8H. The van der Waals surface area contributed by atoms with Crippen LogP contribution in [0.15, 0.2) is 48.5 Å². The average molecular weight is 281 g/mol. The summed E-state index contributed by atoms with van der Waals surface area (Å²) in [6, 6.07) is 13.4. The van der Waals surface area contributed by atoms with Gasteiger partial charge in [-0.2, -0.15) is 13.2 Å². The van der Waals surface area contributed by atoms with Crippen LogP contribution in [-0.2, 0) is 6.18 Å². The molecule has 0 aromatic heterocycles. The summed E-state index contributed by atoms with van der Waals surface area (Å²) in [5.41, 5.74) is -0.766. The van der Waals surface area contributed by atoms with E-state index in [4.69, 9.17) is 11.6 Å². The lowest BCUT2D eigenvalue weighted by atomic mass is 9.98. The SMILES string of the molecule is FC(F)(F)c1c(Cl)ccc2c1ccc1ccccc12. The number of benzene rings is 3. The molecule has 0 aliphatic carbocycles. The largest absolute Gasteiger partial charge is 0.418 e. The van der Waals surface area contributed by atoms with E-state index in [9.17, 15) is 13.2 Å². The molecule has 0 N–H and O–H groups in total. The lowest BCUT2D eigenvalue weighted by Crippen LogP contribution is -2.06. The van der Waals surface area contributed by atoms with E-state index in [2.05, 4.69) is 0 Å². The number of hydrogen-bond donors (Lipinski definition) is 0. The molecule has 0 aliphatic heterocycles. The van der Waals surface area contributed by atoms with Crippen LogP contribution in [0, 0.1) is 0 Å². The van der Waals surface area contributed by atoms with E-state index in [0.717, 1.165) is 10.8 Å². The predicted molar refractivity (Wildman–Crippen MR) is 71.5 cm³/mol. The summed E-state index contributed by atoms with van der Waals surface area (Å²) >= 11 is 5.72. The summed E-state index contributed by atoms with van der Waals surface area (Å²) in [5, 5.41) is 2.14. The van der Waals surface area contributed by atoms with Crippen molar-refractivity contribution in [2.24, 2.45) is 0 Å². The Morgan fingerprint density at radius 2 is 1.42 bits per heavy atom. The molecule has 0 nitrogen and oxygen atoms in total. The number of rotatable bonds is 0. The van der Waals surface area contributed by atoms with Crippen molar-refractivity contribution in [3.8, 4) is 0 Å². The molecule has 0 fully saturated rings. The Balaban J connectivity index is 2.51. The van der Waals surface area contributed by atoms with Gasteiger partial charge in [0.15, 0.2) is 0 Å². The van der Waals surface area contributed by atoms with Crippen LogP contribution >= 0.6 is 11.6 Å². The van der Waals surface area contributed by atoms with Crippen LogP contribution in [0.3, 0.4) is 0 Å². The first-order valence-electron chi connectivity index (χ1n) is 5.65. The number of alkyl halides is 3. The normalized spacial score (nSPS) is 12.2. The minimum atomic E-state index is -4.46. The van der Waals surface area contributed by atoms with Crippen LogP contribution in [0.4, 0.5) is 13.2 Å². The highest BCUT2D eigenvalue weighted by Crippen LogP contribution is 2.41. The smallest absolute Gasteiger partial charge is 0.166 e. The molecule has 3 rings (SSSR count). The van der Waals surface area contributed by atoms with Gasteiger partial charge in [-0.15, -0.1) is 0 Å². The zero-order valence-electron chi connectivity index (χ0n) is 9.63. The molecular weight excluding hydrogens is 273 g/mol. The van der Waals surface area contributed by atoms with Gasteiger partial charge in [0, 0.05) is 0 Å². The molecule has 0 amide bonds. The molecule has 0 atom stereocenters. The Labute approximate surface area is 112 Å².